The number of fused-ring (bicyclic) bond motifs is 1. The van der Waals surface area contributed by atoms with Crippen LogP contribution in [0.3, 0.4) is 0 Å². The van der Waals surface area contributed by atoms with E-state index < -0.39 is 10.0 Å². The molecule has 0 unspecified atom stereocenters. The van der Waals surface area contributed by atoms with E-state index in [9.17, 15) is 13.2 Å². The maximum absolute atomic E-state index is 12.5. The zero-order valence-corrected chi connectivity index (χ0v) is 21.2. The molecule has 0 radical (unpaired) electrons. The number of carbonyl (C=O) groups is 1. The molecule has 33 heavy (non-hydrogen) atoms. The SMILES string of the molecule is CCCCN1CCOc2ccccc2CCCCC2(CCN(C(=O)CNS(C)(=O)=O)CC2)C1. The quantitative estimate of drug-likeness (QED) is 0.679. The van der Waals surface area contributed by atoms with E-state index in [0.717, 1.165) is 57.3 Å². The third-order valence-electron chi connectivity index (χ3n) is 7.09. The van der Waals surface area contributed by atoms with E-state index in [-0.39, 0.29) is 17.9 Å². The average Bonchev–Trinajstić information content (AvgIpc) is 2.79. The zero-order chi connectivity index (χ0) is 23.7. The molecule has 3 rings (SSSR count). The molecule has 2 aliphatic rings. The van der Waals surface area contributed by atoms with E-state index in [2.05, 4.69) is 40.8 Å². The van der Waals surface area contributed by atoms with Crippen LogP contribution in [0.25, 0.3) is 0 Å². The summed E-state index contributed by atoms with van der Waals surface area (Å²) in [5.41, 5.74) is 1.50. The number of benzene rings is 1. The van der Waals surface area contributed by atoms with E-state index >= 15 is 0 Å². The minimum Gasteiger partial charge on any atom is -0.492 e. The summed E-state index contributed by atoms with van der Waals surface area (Å²) in [5, 5.41) is 0. The molecule has 0 aromatic heterocycles. The van der Waals surface area contributed by atoms with Gasteiger partial charge in [0.15, 0.2) is 0 Å². The van der Waals surface area contributed by atoms with Gasteiger partial charge in [-0.05, 0) is 62.1 Å². The minimum absolute atomic E-state index is 0.128. The normalized spacial score (nSPS) is 20.4. The van der Waals surface area contributed by atoms with Crippen LogP contribution in [0.1, 0.15) is 57.4 Å². The maximum Gasteiger partial charge on any atom is 0.237 e. The maximum atomic E-state index is 12.5. The van der Waals surface area contributed by atoms with Gasteiger partial charge in [-0.25, -0.2) is 13.1 Å². The molecule has 0 bridgehead atoms. The first-order valence-electron chi connectivity index (χ1n) is 12.5. The fourth-order valence-corrected chi connectivity index (χ4v) is 5.49. The molecule has 2 heterocycles. The smallest absolute Gasteiger partial charge is 0.237 e. The number of nitrogens with zero attached hydrogens (tertiary/aromatic N) is 2. The van der Waals surface area contributed by atoms with Crippen molar-refractivity contribution in [1.29, 1.82) is 0 Å². The van der Waals surface area contributed by atoms with Crippen molar-refractivity contribution >= 4 is 15.9 Å². The molecule has 1 saturated heterocycles. The lowest BCUT2D eigenvalue weighted by Gasteiger charge is -2.45. The van der Waals surface area contributed by atoms with Crippen LogP contribution in [0.15, 0.2) is 24.3 Å². The molecule has 7 nitrogen and oxygen atoms in total. The second kappa shape index (κ2) is 12.2. The van der Waals surface area contributed by atoms with Gasteiger partial charge < -0.3 is 9.64 Å². The second-order valence-corrected chi connectivity index (χ2v) is 11.6. The number of ether oxygens (including phenoxy) is 1. The molecule has 0 atom stereocenters. The monoisotopic (exact) mass is 479 g/mol. The summed E-state index contributed by atoms with van der Waals surface area (Å²) in [6.45, 7) is 7.21. The van der Waals surface area contributed by atoms with Crippen LogP contribution < -0.4 is 9.46 Å². The van der Waals surface area contributed by atoms with Gasteiger partial charge in [0.1, 0.15) is 12.4 Å². The van der Waals surface area contributed by atoms with Crippen LogP contribution in [0.2, 0.25) is 0 Å². The van der Waals surface area contributed by atoms with Crippen molar-refractivity contribution in [2.45, 2.75) is 58.3 Å². The first-order chi connectivity index (χ1) is 15.8. The fourth-order valence-electron chi connectivity index (χ4n) is 5.10. The Morgan fingerprint density at radius 3 is 2.61 bits per heavy atom. The number of nitrogens with one attached hydrogen (secondary N) is 1. The number of para-hydroxylation sites is 1. The molecule has 0 aliphatic carbocycles. The Kier molecular flexibility index (Phi) is 9.58. The Bertz CT molecular complexity index is 866. The predicted molar refractivity (Wildman–Crippen MR) is 132 cm³/mol. The summed E-state index contributed by atoms with van der Waals surface area (Å²) in [4.78, 5) is 16.9. The summed E-state index contributed by atoms with van der Waals surface area (Å²) in [7, 11) is -3.36. The molecule has 186 valence electrons. The Balaban J connectivity index is 1.66. The Labute approximate surface area is 199 Å². The molecular formula is C25H41N3O4S. The van der Waals surface area contributed by atoms with Crippen LogP contribution in [0, 0.1) is 5.41 Å². The van der Waals surface area contributed by atoms with Crippen LogP contribution in [0.5, 0.6) is 5.75 Å². The van der Waals surface area contributed by atoms with Gasteiger partial charge in [-0.1, -0.05) is 38.0 Å². The summed E-state index contributed by atoms with van der Waals surface area (Å²) in [6, 6.07) is 8.41. The van der Waals surface area contributed by atoms with Gasteiger partial charge in [0.2, 0.25) is 15.9 Å². The molecule has 1 amide bonds. The third-order valence-corrected chi connectivity index (χ3v) is 7.76. The third kappa shape index (κ3) is 8.26. The molecule has 0 saturated carbocycles. The highest BCUT2D eigenvalue weighted by Gasteiger charge is 2.37. The average molecular weight is 480 g/mol. The van der Waals surface area contributed by atoms with Gasteiger partial charge in [0.25, 0.3) is 0 Å². The highest BCUT2D eigenvalue weighted by molar-refractivity contribution is 7.88. The minimum atomic E-state index is -3.36. The number of hydrogen-bond acceptors (Lipinski definition) is 5. The van der Waals surface area contributed by atoms with Gasteiger partial charge in [-0.3, -0.25) is 9.69 Å². The number of amides is 1. The van der Waals surface area contributed by atoms with E-state index in [1.165, 1.54) is 31.2 Å². The molecule has 2 aliphatic heterocycles. The van der Waals surface area contributed by atoms with Crippen molar-refractivity contribution in [2.75, 3.05) is 52.1 Å². The van der Waals surface area contributed by atoms with Crippen molar-refractivity contribution < 1.29 is 17.9 Å². The number of piperidine rings is 1. The van der Waals surface area contributed by atoms with Gasteiger partial charge in [0, 0.05) is 26.2 Å². The van der Waals surface area contributed by atoms with Crippen molar-refractivity contribution in [1.82, 2.24) is 14.5 Å². The van der Waals surface area contributed by atoms with E-state index in [0.29, 0.717) is 19.7 Å². The van der Waals surface area contributed by atoms with Crippen molar-refractivity contribution in [3.05, 3.63) is 29.8 Å². The largest absolute Gasteiger partial charge is 0.492 e. The first kappa shape index (κ1) is 26.0. The number of carbonyl (C=O) groups excluding carboxylic acids is 1. The van der Waals surface area contributed by atoms with E-state index in [1.807, 2.05) is 4.90 Å². The van der Waals surface area contributed by atoms with Crippen molar-refractivity contribution in [3.63, 3.8) is 0 Å². The Morgan fingerprint density at radius 1 is 1.12 bits per heavy atom. The lowest BCUT2D eigenvalue weighted by Crippen LogP contribution is -2.50. The van der Waals surface area contributed by atoms with Crippen LogP contribution in [0.4, 0.5) is 0 Å². The second-order valence-electron chi connectivity index (χ2n) is 9.77. The highest BCUT2D eigenvalue weighted by Crippen LogP contribution is 2.38. The van der Waals surface area contributed by atoms with Crippen molar-refractivity contribution in [3.8, 4) is 5.75 Å². The molecular weight excluding hydrogens is 438 g/mol. The van der Waals surface area contributed by atoms with E-state index in [4.69, 9.17) is 4.74 Å². The Morgan fingerprint density at radius 2 is 1.88 bits per heavy atom. The molecule has 1 spiro atoms. The summed E-state index contributed by atoms with van der Waals surface area (Å²) in [5.74, 6) is 0.897. The number of unbranched alkanes of at least 4 members (excludes halogenated alkanes) is 1. The molecule has 1 aromatic rings. The number of likely N-dealkylation sites (tertiary alicyclic amines) is 1. The highest BCUT2D eigenvalue weighted by atomic mass is 32.2. The first-order valence-corrected chi connectivity index (χ1v) is 14.3. The topological polar surface area (TPSA) is 79.0 Å². The van der Waals surface area contributed by atoms with Crippen LogP contribution in [-0.2, 0) is 21.2 Å². The van der Waals surface area contributed by atoms with Crippen molar-refractivity contribution in [2.24, 2.45) is 5.41 Å². The molecule has 1 aromatic carbocycles. The lowest BCUT2D eigenvalue weighted by atomic mass is 9.73. The van der Waals surface area contributed by atoms with Gasteiger partial charge >= 0.3 is 0 Å². The Hall–Kier alpha value is -1.64. The zero-order valence-electron chi connectivity index (χ0n) is 20.4. The standard InChI is InChI=1S/C25H41N3O4S/c1-3-4-15-27-18-19-32-23-11-6-5-9-22(23)10-7-8-12-25(21-27)13-16-28(17-14-25)24(29)20-26-33(2,30)31/h5-6,9,11,26H,3-4,7-8,10,12-21H2,1-2H3. The number of aryl methyl sites for hydroxylation is 1. The summed E-state index contributed by atoms with van der Waals surface area (Å²) >= 11 is 0. The lowest BCUT2D eigenvalue weighted by molar-refractivity contribution is -0.132. The number of rotatable bonds is 6. The van der Waals surface area contributed by atoms with Gasteiger partial charge in [-0.15, -0.1) is 0 Å². The number of hydrogen-bond donors (Lipinski definition) is 1. The van der Waals surface area contributed by atoms with Gasteiger partial charge in [0.05, 0.1) is 12.8 Å². The molecule has 1 fully saturated rings. The fraction of sp³-hybridized carbons (Fsp3) is 0.720. The summed E-state index contributed by atoms with van der Waals surface area (Å²) < 4.78 is 31.2. The summed E-state index contributed by atoms with van der Waals surface area (Å²) in [6.07, 6.45) is 9.88. The van der Waals surface area contributed by atoms with E-state index in [1.54, 1.807) is 0 Å². The predicted octanol–water partition coefficient (Wildman–Crippen LogP) is 3.05. The van der Waals surface area contributed by atoms with Crippen LogP contribution >= 0.6 is 0 Å². The molecule has 8 heteroatoms. The number of sulfonamides is 1. The van der Waals surface area contributed by atoms with Crippen LogP contribution in [-0.4, -0.2) is 76.3 Å². The van der Waals surface area contributed by atoms with Gasteiger partial charge in [-0.2, -0.15) is 0 Å². The molecule has 1 N–H and O–H groups in total.